The Morgan fingerprint density at radius 3 is 2.89 bits per heavy atom. The Bertz CT molecular complexity index is 401. The summed E-state index contributed by atoms with van der Waals surface area (Å²) in [5, 5.41) is 12.2. The van der Waals surface area contributed by atoms with E-state index in [0.29, 0.717) is 12.3 Å². The van der Waals surface area contributed by atoms with Crippen molar-refractivity contribution in [3.05, 3.63) is 23.8 Å². The van der Waals surface area contributed by atoms with Crippen molar-refractivity contribution in [3.63, 3.8) is 0 Å². The Hall–Kier alpha value is -1.75. The second-order valence-electron chi connectivity index (χ2n) is 4.19. The third kappa shape index (κ3) is 3.92. The van der Waals surface area contributed by atoms with Gasteiger partial charge in [-0.15, -0.1) is 0 Å². The van der Waals surface area contributed by atoms with Crippen LogP contribution in [0.2, 0.25) is 0 Å². The number of carbonyl (C=O) groups is 1. The highest BCUT2D eigenvalue weighted by molar-refractivity contribution is 5.99. The quantitative estimate of drug-likeness (QED) is 0.529. The van der Waals surface area contributed by atoms with Crippen LogP contribution in [0.3, 0.4) is 0 Å². The molecule has 0 spiro atoms. The first-order valence-electron chi connectivity index (χ1n) is 5.96. The van der Waals surface area contributed by atoms with Crippen molar-refractivity contribution in [2.24, 2.45) is 0 Å². The minimum atomic E-state index is -0.293. The van der Waals surface area contributed by atoms with Gasteiger partial charge in [0.25, 0.3) is 5.91 Å². The van der Waals surface area contributed by atoms with Crippen LogP contribution in [-0.2, 0) is 4.74 Å². The number of ether oxygens (including phenoxy) is 1. The normalized spacial score (nSPS) is 12.1. The first-order valence-corrected chi connectivity index (χ1v) is 5.96. The van der Waals surface area contributed by atoms with Gasteiger partial charge >= 0.3 is 0 Å². The number of nitrogens with two attached hydrogens (primary N) is 1. The highest BCUT2D eigenvalue weighted by Gasteiger charge is 2.15. The molecular weight excluding hydrogens is 232 g/mol. The summed E-state index contributed by atoms with van der Waals surface area (Å²) in [4.78, 5) is 12.0. The Balaban J connectivity index is 2.76. The summed E-state index contributed by atoms with van der Waals surface area (Å²) in [6.45, 7) is 2.50. The average Bonchev–Trinajstić information content (AvgIpc) is 2.33. The average molecular weight is 252 g/mol. The molecule has 5 nitrogen and oxygen atoms in total. The summed E-state index contributed by atoms with van der Waals surface area (Å²) in [6, 6.07) is 4.27. The van der Waals surface area contributed by atoms with E-state index in [1.807, 2.05) is 6.92 Å². The van der Waals surface area contributed by atoms with E-state index in [-0.39, 0.29) is 23.3 Å². The van der Waals surface area contributed by atoms with Crippen molar-refractivity contribution >= 4 is 11.6 Å². The molecule has 5 heteroatoms. The first kappa shape index (κ1) is 14.3. The van der Waals surface area contributed by atoms with Gasteiger partial charge in [0.2, 0.25) is 0 Å². The third-order valence-corrected chi connectivity index (χ3v) is 2.62. The van der Waals surface area contributed by atoms with Gasteiger partial charge in [0.05, 0.1) is 18.2 Å². The number of anilines is 1. The topological polar surface area (TPSA) is 84.6 Å². The van der Waals surface area contributed by atoms with Crippen molar-refractivity contribution < 1.29 is 14.6 Å². The summed E-state index contributed by atoms with van der Waals surface area (Å²) in [7, 11) is 1.59. The summed E-state index contributed by atoms with van der Waals surface area (Å²) in [6.07, 6.45) is 1.78. The molecule has 1 aromatic carbocycles. The smallest absolute Gasteiger partial charge is 0.253 e. The van der Waals surface area contributed by atoms with Crippen LogP contribution >= 0.6 is 0 Å². The van der Waals surface area contributed by atoms with E-state index in [2.05, 4.69) is 5.32 Å². The molecule has 1 rings (SSSR count). The van der Waals surface area contributed by atoms with Gasteiger partial charge in [0.1, 0.15) is 5.75 Å². The number of hydrogen-bond acceptors (Lipinski definition) is 4. The minimum Gasteiger partial charge on any atom is -0.508 e. The van der Waals surface area contributed by atoms with Crippen LogP contribution in [0.25, 0.3) is 0 Å². The zero-order chi connectivity index (χ0) is 13.5. The number of hydrogen-bond donors (Lipinski definition) is 3. The van der Waals surface area contributed by atoms with Gasteiger partial charge in [-0.2, -0.15) is 0 Å². The van der Waals surface area contributed by atoms with Gasteiger partial charge in [-0.05, 0) is 24.6 Å². The molecule has 0 saturated carbocycles. The molecule has 0 aliphatic rings. The zero-order valence-electron chi connectivity index (χ0n) is 10.8. The van der Waals surface area contributed by atoms with Gasteiger partial charge in [-0.1, -0.05) is 13.3 Å². The Morgan fingerprint density at radius 1 is 1.56 bits per heavy atom. The number of rotatable bonds is 6. The number of phenols is 1. The maximum Gasteiger partial charge on any atom is 0.253 e. The van der Waals surface area contributed by atoms with Crippen LogP contribution in [0.4, 0.5) is 5.69 Å². The number of aromatic hydroxyl groups is 1. The molecule has 0 aromatic heterocycles. The highest BCUT2D eigenvalue weighted by atomic mass is 16.5. The minimum absolute atomic E-state index is 0.0214. The number of carbonyl (C=O) groups excluding carboxylic acids is 1. The number of amides is 1. The second kappa shape index (κ2) is 6.86. The SMILES string of the molecule is CCCC(COC)NC(=O)c1cc(O)ccc1N. The summed E-state index contributed by atoms with van der Waals surface area (Å²) >= 11 is 0. The van der Waals surface area contributed by atoms with Crippen molar-refractivity contribution in [1.29, 1.82) is 0 Å². The summed E-state index contributed by atoms with van der Waals surface area (Å²) in [5.74, 6) is -0.271. The fourth-order valence-electron chi connectivity index (χ4n) is 1.75. The van der Waals surface area contributed by atoms with Gasteiger partial charge in [-0.25, -0.2) is 0 Å². The number of nitrogens with one attached hydrogen (secondary N) is 1. The maximum atomic E-state index is 12.0. The molecule has 0 fully saturated rings. The molecule has 4 N–H and O–H groups in total. The van der Waals surface area contributed by atoms with Crippen LogP contribution in [-0.4, -0.2) is 30.8 Å². The van der Waals surface area contributed by atoms with Crippen molar-refractivity contribution in [3.8, 4) is 5.75 Å². The fraction of sp³-hybridized carbons (Fsp3) is 0.462. The summed E-state index contributed by atoms with van der Waals surface area (Å²) < 4.78 is 5.05. The first-order chi connectivity index (χ1) is 8.58. The molecule has 0 bridgehead atoms. The molecule has 0 aliphatic carbocycles. The second-order valence-corrected chi connectivity index (χ2v) is 4.19. The number of benzene rings is 1. The predicted octanol–water partition coefficient (Wildman–Crippen LogP) is 1.52. The lowest BCUT2D eigenvalue weighted by Crippen LogP contribution is -2.38. The van der Waals surface area contributed by atoms with E-state index in [0.717, 1.165) is 12.8 Å². The van der Waals surface area contributed by atoms with Crippen LogP contribution in [0.5, 0.6) is 5.75 Å². The van der Waals surface area contributed by atoms with Crippen LogP contribution in [0.1, 0.15) is 30.1 Å². The Kier molecular flexibility index (Phi) is 5.45. The van der Waals surface area contributed by atoms with Gasteiger partial charge < -0.3 is 20.9 Å². The molecule has 18 heavy (non-hydrogen) atoms. The van der Waals surface area contributed by atoms with E-state index in [9.17, 15) is 9.90 Å². The molecule has 1 aromatic rings. The number of phenolic OH excluding ortho intramolecular Hbond substituents is 1. The summed E-state index contributed by atoms with van der Waals surface area (Å²) in [5.41, 5.74) is 6.34. The van der Waals surface area contributed by atoms with E-state index < -0.39 is 0 Å². The van der Waals surface area contributed by atoms with Crippen molar-refractivity contribution in [2.45, 2.75) is 25.8 Å². The van der Waals surface area contributed by atoms with E-state index in [4.69, 9.17) is 10.5 Å². The fourth-order valence-corrected chi connectivity index (χ4v) is 1.75. The lowest BCUT2D eigenvalue weighted by molar-refractivity contribution is 0.0892. The van der Waals surface area contributed by atoms with Crippen LogP contribution in [0, 0.1) is 0 Å². The predicted molar refractivity (Wildman–Crippen MR) is 70.6 cm³/mol. The lowest BCUT2D eigenvalue weighted by Gasteiger charge is -2.17. The Labute approximate surface area is 107 Å². The van der Waals surface area contributed by atoms with E-state index >= 15 is 0 Å². The molecule has 1 amide bonds. The van der Waals surface area contributed by atoms with Gasteiger partial charge in [0, 0.05) is 12.8 Å². The monoisotopic (exact) mass is 252 g/mol. The number of nitrogen functional groups attached to an aromatic ring is 1. The Morgan fingerprint density at radius 2 is 2.28 bits per heavy atom. The highest BCUT2D eigenvalue weighted by Crippen LogP contribution is 2.18. The number of methoxy groups -OCH3 is 1. The van der Waals surface area contributed by atoms with Crippen molar-refractivity contribution in [2.75, 3.05) is 19.5 Å². The van der Waals surface area contributed by atoms with Crippen molar-refractivity contribution in [1.82, 2.24) is 5.32 Å². The standard InChI is InChI=1S/C13H20N2O3/c1-3-4-9(8-18-2)15-13(17)11-7-10(16)5-6-12(11)14/h5-7,9,16H,3-4,8,14H2,1-2H3,(H,15,17). The van der Waals surface area contributed by atoms with Gasteiger partial charge in [0.15, 0.2) is 0 Å². The van der Waals surface area contributed by atoms with Crippen LogP contribution < -0.4 is 11.1 Å². The molecule has 1 atom stereocenters. The maximum absolute atomic E-state index is 12.0. The molecule has 1 unspecified atom stereocenters. The molecular formula is C13H20N2O3. The molecule has 0 radical (unpaired) electrons. The van der Waals surface area contributed by atoms with E-state index in [1.54, 1.807) is 7.11 Å². The zero-order valence-corrected chi connectivity index (χ0v) is 10.8. The lowest BCUT2D eigenvalue weighted by atomic mass is 10.1. The van der Waals surface area contributed by atoms with Gasteiger partial charge in [-0.3, -0.25) is 4.79 Å². The molecule has 0 heterocycles. The molecule has 0 aliphatic heterocycles. The third-order valence-electron chi connectivity index (χ3n) is 2.62. The largest absolute Gasteiger partial charge is 0.508 e. The molecule has 100 valence electrons. The molecule has 0 saturated heterocycles. The van der Waals surface area contributed by atoms with E-state index in [1.165, 1.54) is 18.2 Å². The van der Waals surface area contributed by atoms with Crippen LogP contribution in [0.15, 0.2) is 18.2 Å².